The molecule has 0 saturated heterocycles. The number of aromatic carboxylic acids is 1. The van der Waals surface area contributed by atoms with E-state index in [-0.39, 0.29) is 0 Å². The molecular weight excluding hydrogens is 388 g/mol. The van der Waals surface area contributed by atoms with Gasteiger partial charge in [0.2, 0.25) is 0 Å². The molecule has 0 atom stereocenters. The van der Waals surface area contributed by atoms with Crippen LogP contribution in [-0.2, 0) is 13.0 Å². The van der Waals surface area contributed by atoms with Gasteiger partial charge in [0.05, 0.1) is 22.0 Å². The summed E-state index contributed by atoms with van der Waals surface area (Å²) in [7, 11) is 0. The molecule has 0 saturated carbocycles. The van der Waals surface area contributed by atoms with Gasteiger partial charge in [-0.15, -0.1) is 23.5 Å². The summed E-state index contributed by atoms with van der Waals surface area (Å²) in [5.41, 5.74) is 2.72. The van der Waals surface area contributed by atoms with Gasteiger partial charge in [0.15, 0.2) is 0 Å². The fourth-order valence-corrected chi connectivity index (χ4v) is 5.52. The molecule has 154 valence electrons. The summed E-state index contributed by atoms with van der Waals surface area (Å²) in [4.78, 5) is 15.9. The predicted molar refractivity (Wildman–Crippen MR) is 122 cm³/mol. The van der Waals surface area contributed by atoms with Crippen LogP contribution in [0.2, 0.25) is 0 Å². The maximum Gasteiger partial charge on any atom is 0.335 e. The molecule has 0 aliphatic carbocycles. The van der Waals surface area contributed by atoms with Gasteiger partial charge in [-0.25, -0.2) is 9.78 Å². The highest BCUT2D eigenvalue weighted by molar-refractivity contribution is 8.16. The van der Waals surface area contributed by atoms with Gasteiger partial charge in [0.25, 0.3) is 0 Å². The summed E-state index contributed by atoms with van der Waals surface area (Å²) in [6.07, 6.45) is 7.65. The molecule has 0 amide bonds. The molecule has 0 aliphatic heterocycles. The second-order valence-corrected chi connectivity index (χ2v) is 9.59. The van der Waals surface area contributed by atoms with Crippen molar-refractivity contribution < 1.29 is 9.90 Å². The van der Waals surface area contributed by atoms with Crippen molar-refractivity contribution in [2.45, 2.75) is 64.0 Å². The lowest BCUT2D eigenvalue weighted by Gasteiger charge is -2.20. The number of aromatic nitrogens is 2. The first-order valence-corrected chi connectivity index (χ1v) is 12.3. The quantitative estimate of drug-likeness (QED) is 0.388. The average Bonchev–Trinajstić information content (AvgIpc) is 3.09. The standard InChI is InChI=1S/C22H32N2O2S2/c1-4-7-8-20-23-15-19(22(27-13-5-2)28-14-6-3)24(20)16-17-9-11-18(12-10-17)21(25)26/h9-12,15,22H,4-8,13-14,16H2,1-3H3,(H,25,26). The maximum absolute atomic E-state index is 11.1. The highest BCUT2D eigenvalue weighted by Crippen LogP contribution is 2.40. The summed E-state index contributed by atoms with van der Waals surface area (Å²) < 4.78 is 2.75. The lowest BCUT2D eigenvalue weighted by atomic mass is 10.1. The van der Waals surface area contributed by atoms with Crippen LogP contribution in [0.3, 0.4) is 0 Å². The molecule has 1 aromatic carbocycles. The van der Waals surface area contributed by atoms with Crippen molar-refractivity contribution in [3.8, 4) is 0 Å². The van der Waals surface area contributed by atoms with Gasteiger partial charge in [-0.2, -0.15) is 0 Å². The van der Waals surface area contributed by atoms with Crippen molar-refractivity contribution >= 4 is 29.5 Å². The Kier molecular flexibility index (Phi) is 9.99. The van der Waals surface area contributed by atoms with E-state index in [1.807, 2.05) is 35.7 Å². The fourth-order valence-electron chi connectivity index (χ4n) is 2.94. The number of carbonyl (C=O) groups is 1. The lowest BCUT2D eigenvalue weighted by Crippen LogP contribution is -2.11. The smallest absolute Gasteiger partial charge is 0.335 e. The first kappa shape index (κ1) is 22.9. The summed E-state index contributed by atoms with van der Waals surface area (Å²) in [5.74, 6) is 2.54. The van der Waals surface area contributed by atoms with Crippen LogP contribution in [0.5, 0.6) is 0 Å². The number of carboxylic acids is 1. The zero-order valence-corrected chi connectivity index (χ0v) is 18.8. The number of unbranched alkanes of at least 4 members (excludes halogenated alkanes) is 1. The van der Waals surface area contributed by atoms with E-state index in [1.54, 1.807) is 12.1 Å². The highest BCUT2D eigenvalue weighted by Gasteiger charge is 2.20. The van der Waals surface area contributed by atoms with E-state index < -0.39 is 5.97 Å². The van der Waals surface area contributed by atoms with Crippen LogP contribution in [0, 0.1) is 0 Å². The third-order valence-electron chi connectivity index (χ3n) is 4.45. The number of nitrogens with zero attached hydrogens (tertiary/aromatic N) is 2. The molecule has 6 heteroatoms. The molecule has 0 aliphatic rings. The number of hydrogen-bond donors (Lipinski definition) is 1. The van der Waals surface area contributed by atoms with Crippen molar-refractivity contribution in [1.82, 2.24) is 9.55 Å². The molecule has 4 nitrogen and oxygen atoms in total. The van der Waals surface area contributed by atoms with Crippen LogP contribution in [0.4, 0.5) is 0 Å². The predicted octanol–water partition coefficient (Wildman–Crippen LogP) is 6.26. The van der Waals surface area contributed by atoms with Crippen LogP contribution in [-0.4, -0.2) is 32.1 Å². The first-order valence-electron chi connectivity index (χ1n) is 10.2. The Morgan fingerprint density at radius 2 is 1.71 bits per heavy atom. The van der Waals surface area contributed by atoms with Gasteiger partial charge in [0, 0.05) is 13.0 Å². The van der Waals surface area contributed by atoms with Gasteiger partial charge in [-0.05, 0) is 48.5 Å². The first-order chi connectivity index (χ1) is 13.6. The number of thioether (sulfide) groups is 2. The largest absolute Gasteiger partial charge is 0.478 e. The Hall–Kier alpha value is -1.40. The number of rotatable bonds is 13. The molecule has 0 spiro atoms. The Bertz CT molecular complexity index is 721. The second kappa shape index (κ2) is 12.2. The van der Waals surface area contributed by atoms with Crippen molar-refractivity contribution in [2.24, 2.45) is 0 Å². The van der Waals surface area contributed by atoms with Crippen LogP contribution in [0.15, 0.2) is 30.5 Å². The summed E-state index contributed by atoms with van der Waals surface area (Å²) in [6.45, 7) is 7.39. The van der Waals surface area contributed by atoms with E-state index in [0.717, 1.165) is 48.7 Å². The van der Waals surface area contributed by atoms with Gasteiger partial charge in [-0.3, -0.25) is 0 Å². The maximum atomic E-state index is 11.1. The Labute approximate surface area is 177 Å². The van der Waals surface area contributed by atoms with Crippen LogP contribution in [0.1, 0.15) is 78.5 Å². The van der Waals surface area contributed by atoms with E-state index in [4.69, 9.17) is 10.1 Å². The third-order valence-corrected chi connectivity index (χ3v) is 7.65. The Morgan fingerprint density at radius 3 is 2.25 bits per heavy atom. The topological polar surface area (TPSA) is 55.1 Å². The molecule has 2 rings (SSSR count). The third kappa shape index (κ3) is 6.59. The lowest BCUT2D eigenvalue weighted by molar-refractivity contribution is 0.0697. The number of hydrogen-bond acceptors (Lipinski definition) is 4. The molecule has 28 heavy (non-hydrogen) atoms. The van der Waals surface area contributed by atoms with Gasteiger partial charge >= 0.3 is 5.97 Å². The normalized spacial score (nSPS) is 11.3. The molecule has 0 radical (unpaired) electrons. The summed E-state index contributed by atoms with van der Waals surface area (Å²) >= 11 is 4.01. The fraction of sp³-hybridized carbons (Fsp3) is 0.545. The minimum atomic E-state index is -0.884. The van der Waals surface area contributed by atoms with Gasteiger partial charge in [-0.1, -0.05) is 39.3 Å². The van der Waals surface area contributed by atoms with Crippen LogP contribution in [0.25, 0.3) is 0 Å². The second-order valence-electron chi connectivity index (χ2n) is 6.86. The van der Waals surface area contributed by atoms with E-state index in [2.05, 4.69) is 31.5 Å². The van der Waals surface area contributed by atoms with Crippen LogP contribution < -0.4 is 0 Å². The highest BCUT2D eigenvalue weighted by atomic mass is 32.2. The van der Waals surface area contributed by atoms with Crippen molar-refractivity contribution in [3.63, 3.8) is 0 Å². The minimum absolute atomic E-state index is 0.329. The number of imidazole rings is 1. The number of carboxylic acid groups (broad SMARTS) is 1. The molecule has 1 N–H and O–H groups in total. The molecule has 0 fully saturated rings. The average molecular weight is 421 g/mol. The minimum Gasteiger partial charge on any atom is -0.478 e. The molecular formula is C22H32N2O2S2. The molecule has 1 aromatic heterocycles. The van der Waals surface area contributed by atoms with Gasteiger partial charge in [0.1, 0.15) is 5.82 Å². The van der Waals surface area contributed by atoms with Crippen molar-refractivity contribution in [1.29, 1.82) is 0 Å². The van der Waals surface area contributed by atoms with E-state index in [0.29, 0.717) is 10.1 Å². The Morgan fingerprint density at radius 1 is 1.07 bits per heavy atom. The van der Waals surface area contributed by atoms with E-state index >= 15 is 0 Å². The molecule has 1 heterocycles. The summed E-state index contributed by atoms with van der Waals surface area (Å²) in [6, 6.07) is 7.22. The monoisotopic (exact) mass is 420 g/mol. The zero-order valence-electron chi connectivity index (χ0n) is 17.2. The molecule has 0 unspecified atom stereocenters. The van der Waals surface area contributed by atoms with Gasteiger partial charge < -0.3 is 9.67 Å². The number of aryl methyl sites for hydroxylation is 1. The SMILES string of the molecule is CCCCc1ncc(C(SCCC)SCCC)n1Cc1ccc(C(=O)O)cc1. The summed E-state index contributed by atoms with van der Waals surface area (Å²) in [5, 5.41) is 9.13. The van der Waals surface area contributed by atoms with E-state index in [9.17, 15) is 4.79 Å². The van der Waals surface area contributed by atoms with Crippen molar-refractivity contribution in [2.75, 3.05) is 11.5 Å². The zero-order chi connectivity index (χ0) is 20.4. The van der Waals surface area contributed by atoms with E-state index in [1.165, 1.54) is 18.5 Å². The van der Waals surface area contributed by atoms with Crippen LogP contribution >= 0.6 is 23.5 Å². The molecule has 0 bridgehead atoms. The molecule has 2 aromatic rings. The Balaban J connectivity index is 2.31. The van der Waals surface area contributed by atoms with Crippen molar-refractivity contribution in [3.05, 3.63) is 53.1 Å². The number of benzene rings is 1.